The highest BCUT2D eigenvalue weighted by molar-refractivity contribution is 5.94. The standard InChI is InChI=1S/C21H24FN3O3/c22-18-4-1-16(2-5-18)7-10-23-19-6-3-17(15-24-19)20(26)25-11-8-21(9-12-25)27-13-14-28-21/h1-6,15H,7-14H2,(H,23,24). The van der Waals surface area contributed by atoms with Crippen LogP contribution in [0.15, 0.2) is 42.6 Å². The van der Waals surface area contributed by atoms with Gasteiger partial charge in [-0.15, -0.1) is 0 Å². The van der Waals surface area contributed by atoms with Crippen LogP contribution in [0.2, 0.25) is 0 Å². The number of carbonyl (C=O) groups is 1. The van der Waals surface area contributed by atoms with Crippen LogP contribution in [0, 0.1) is 5.82 Å². The van der Waals surface area contributed by atoms with E-state index in [-0.39, 0.29) is 11.7 Å². The lowest BCUT2D eigenvalue weighted by Gasteiger charge is -2.37. The predicted molar refractivity (Wildman–Crippen MR) is 103 cm³/mol. The molecule has 1 aromatic carbocycles. The van der Waals surface area contributed by atoms with Crippen molar-refractivity contribution in [1.29, 1.82) is 0 Å². The van der Waals surface area contributed by atoms with Gasteiger partial charge < -0.3 is 19.7 Å². The van der Waals surface area contributed by atoms with Gasteiger partial charge in [0.1, 0.15) is 11.6 Å². The quantitative estimate of drug-likeness (QED) is 0.858. The second-order valence-electron chi connectivity index (χ2n) is 7.14. The van der Waals surface area contributed by atoms with E-state index in [1.807, 2.05) is 11.0 Å². The topological polar surface area (TPSA) is 63.7 Å². The number of amides is 1. The van der Waals surface area contributed by atoms with Gasteiger partial charge in [-0.25, -0.2) is 9.37 Å². The highest BCUT2D eigenvalue weighted by Gasteiger charge is 2.40. The molecule has 2 saturated heterocycles. The van der Waals surface area contributed by atoms with Gasteiger partial charge in [-0.2, -0.15) is 0 Å². The van der Waals surface area contributed by atoms with Crippen molar-refractivity contribution < 1.29 is 18.7 Å². The third-order valence-electron chi connectivity index (χ3n) is 5.27. The Balaban J connectivity index is 1.27. The maximum Gasteiger partial charge on any atom is 0.255 e. The second-order valence-corrected chi connectivity index (χ2v) is 7.14. The van der Waals surface area contributed by atoms with Crippen LogP contribution in [-0.2, 0) is 15.9 Å². The van der Waals surface area contributed by atoms with Crippen molar-refractivity contribution in [3.8, 4) is 0 Å². The van der Waals surface area contributed by atoms with E-state index in [2.05, 4.69) is 10.3 Å². The monoisotopic (exact) mass is 385 g/mol. The van der Waals surface area contributed by atoms with Crippen molar-refractivity contribution in [3.63, 3.8) is 0 Å². The number of carbonyl (C=O) groups excluding carboxylic acids is 1. The van der Waals surface area contributed by atoms with E-state index in [1.54, 1.807) is 24.4 Å². The molecule has 0 aliphatic carbocycles. The Morgan fingerprint density at radius 1 is 1.11 bits per heavy atom. The number of nitrogens with one attached hydrogen (secondary N) is 1. The minimum Gasteiger partial charge on any atom is -0.370 e. The van der Waals surface area contributed by atoms with E-state index in [0.717, 1.165) is 12.0 Å². The fourth-order valence-corrected chi connectivity index (χ4v) is 3.63. The highest BCUT2D eigenvalue weighted by Crippen LogP contribution is 2.31. The van der Waals surface area contributed by atoms with E-state index < -0.39 is 5.79 Å². The van der Waals surface area contributed by atoms with Crippen LogP contribution in [0.1, 0.15) is 28.8 Å². The van der Waals surface area contributed by atoms with E-state index >= 15 is 0 Å². The van der Waals surface area contributed by atoms with Gasteiger partial charge in [0.2, 0.25) is 0 Å². The van der Waals surface area contributed by atoms with Crippen LogP contribution < -0.4 is 5.32 Å². The summed E-state index contributed by atoms with van der Waals surface area (Å²) in [5.41, 5.74) is 1.63. The summed E-state index contributed by atoms with van der Waals surface area (Å²) in [5.74, 6) is -0.0131. The Hall–Kier alpha value is -2.51. The molecule has 3 heterocycles. The molecule has 2 aliphatic heterocycles. The van der Waals surface area contributed by atoms with Gasteiger partial charge in [0.15, 0.2) is 5.79 Å². The number of likely N-dealkylation sites (tertiary alicyclic amines) is 1. The van der Waals surface area contributed by atoms with Crippen LogP contribution in [0.4, 0.5) is 10.2 Å². The second kappa shape index (κ2) is 8.24. The highest BCUT2D eigenvalue weighted by atomic mass is 19.1. The summed E-state index contributed by atoms with van der Waals surface area (Å²) in [7, 11) is 0. The molecule has 4 rings (SSSR count). The number of piperidine rings is 1. The fraction of sp³-hybridized carbons (Fsp3) is 0.429. The number of hydrogen-bond acceptors (Lipinski definition) is 5. The number of rotatable bonds is 5. The molecule has 148 valence electrons. The van der Waals surface area contributed by atoms with Gasteiger partial charge in [-0.05, 0) is 36.2 Å². The lowest BCUT2D eigenvalue weighted by molar-refractivity contribution is -0.181. The Morgan fingerprint density at radius 2 is 1.82 bits per heavy atom. The molecule has 1 amide bonds. The molecule has 0 bridgehead atoms. The van der Waals surface area contributed by atoms with Crippen LogP contribution >= 0.6 is 0 Å². The van der Waals surface area contributed by atoms with Crippen LogP contribution in [0.3, 0.4) is 0 Å². The Morgan fingerprint density at radius 3 is 2.46 bits per heavy atom. The number of anilines is 1. The van der Waals surface area contributed by atoms with Crippen molar-refractivity contribution in [3.05, 3.63) is 59.5 Å². The zero-order chi connectivity index (χ0) is 19.4. The van der Waals surface area contributed by atoms with E-state index in [1.165, 1.54) is 12.1 Å². The first-order valence-electron chi connectivity index (χ1n) is 9.65. The van der Waals surface area contributed by atoms with Gasteiger partial charge in [0.05, 0.1) is 18.8 Å². The van der Waals surface area contributed by atoms with Crippen molar-refractivity contribution in [2.75, 3.05) is 38.2 Å². The number of nitrogens with zero attached hydrogens (tertiary/aromatic N) is 2. The Labute approximate surface area is 163 Å². The molecule has 2 aromatic rings. The number of pyridine rings is 1. The molecule has 2 aliphatic rings. The zero-order valence-electron chi connectivity index (χ0n) is 15.7. The molecule has 7 heteroatoms. The van der Waals surface area contributed by atoms with E-state index in [4.69, 9.17) is 9.47 Å². The first-order valence-corrected chi connectivity index (χ1v) is 9.65. The number of aromatic nitrogens is 1. The van der Waals surface area contributed by atoms with Gasteiger partial charge in [-0.1, -0.05) is 12.1 Å². The minimum absolute atomic E-state index is 0.0155. The molecule has 0 radical (unpaired) electrons. The SMILES string of the molecule is O=C(c1ccc(NCCc2ccc(F)cc2)nc1)N1CCC2(CC1)OCCO2. The zero-order valence-corrected chi connectivity index (χ0v) is 15.7. The van der Waals surface area contributed by atoms with E-state index in [9.17, 15) is 9.18 Å². The maximum atomic E-state index is 12.9. The number of hydrogen-bond donors (Lipinski definition) is 1. The lowest BCUT2D eigenvalue weighted by Crippen LogP contribution is -2.47. The van der Waals surface area contributed by atoms with Gasteiger partial charge >= 0.3 is 0 Å². The molecule has 28 heavy (non-hydrogen) atoms. The summed E-state index contributed by atoms with van der Waals surface area (Å²) < 4.78 is 24.3. The molecule has 1 spiro atoms. The lowest BCUT2D eigenvalue weighted by atomic mass is 10.0. The molecule has 1 N–H and O–H groups in total. The molecule has 2 fully saturated rings. The van der Waals surface area contributed by atoms with Crippen molar-refractivity contribution >= 4 is 11.7 Å². The number of benzene rings is 1. The molecule has 0 saturated carbocycles. The first-order chi connectivity index (χ1) is 13.6. The third-order valence-corrected chi connectivity index (χ3v) is 5.27. The predicted octanol–water partition coefficient (Wildman–Crippen LogP) is 2.85. The average molecular weight is 385 g/mol. The van der Waals surface area contributed by atoms with Gasteiger partial charge in [0, 0.05) is 38.7 Å². The van der Waals surface area contributed by atoms with Gasteiger partial charge in [0.25, 0.3) is 5.91 Å². The van der Waals surface area contributed by atoms with Crippen LogP contribution in [0.25, 0.3) is 0 Å². The van der Waals surface area contributed by atoms with E-state index in [0.29, 0.717) is 57.1 Å². The Kier molecular flexibility index (Phi) is 5.54. The third kappa shape index (κ3) is 4.31. The molecule has 6 nitrogen and oxygen atoms in total. The molecule has 1 aromatic heterocycles. The van der Waals surface area contributed by atoms with Crippen LogP contribution in [0.5, 0.6) is 0 Å². The Bertz CT molecular complexity index is 795. The average Bonchev–Trinajstić information content (AvgIpc) is 3.18. The summed E-state index contributed by atoms with van der Waals surface area (Å²) in [5, 5.41) is 3.22. The molecule has 0 atom stereocenters. The largest absolute Gasteiger partial charge is 0.370 e. The van der Waals surface area contributed by atoms with Crippen molar-refractivity contribution in [1.82, 2.24) is 9.88 Å². The van der Waals surface area contributed by atoms with Crippen molar-refractivity contribution in [2.24, 2.45) is 0 Å². The normalized spacial score (nSPS) is 18.4. The van der Waals surface area contributed by atoms with Gasteiger partial charge in [-0.3, -0.25) is 4.79 Å². The maximum absolute atomic E-state index is 12.9. The number of halogens is 1. The summed E-state index contributed by atoms with van der Waals surface area (Å²) in [4.78, 5) is 18.9. The minimum atomic E-state index is -0.479. The summed E-state index contributed by atoms with van der Waals surface area (Å²) in [6.07, 6.45) is 3.78. The van der Waals surface area contributed by atoms with Crippen molar-refractivity contribution in [2.45, 2.75) is 25.0 Å². The summed E-state index contributed by atoms with van der Waals surface area (Å²) in [6, 6.07) is 10.1. The molecular weight excluding hydrogens is 361 g/mol. The first kappa shape index (κ1) is 18.8. The summed E-state index contributed by atoms with van der Waals surface area (Å²) in [6.45, 7) is 3.19. The smallest absolute Gasteiger partial charge is 0.255 e. The molecular formula is C21H24FN3O3. The number of ether oxygens (including phenoxy) is 2. The molecule has 0 unspecified atom stereocenters. The summed E-state index contributed by atoms with van der Waals surface area (Å²) >= 11 is 0. The fourth-order valence-electron chi connectivity index (χ4n) is 3.63. The van der Waals surface area contributed by atoms with Crippen LogP contribution in [-0.4, -0.2) is 54.4 Å².